The SMILES string of the molecule is COc1cc(Br)cc(C(=O)CN)c1OC(C)C. The van der Waals surface area contributed by atoms with E-state index in [0.717, 1.165) is 4.47 Å². The second kappa shape index (κ2) is 6.02. The van der Waals surface area contributed by atoms with Gasteiger partial charge in [0.25, 0.3) is 0 Å². The highest BCUT2D eigenvalue weighted by Crippen LogP contribution is 2.35. The van der Waals surface area contributed by atoms with Crippen LogP contribution < -0.4 is 15.2 Å². The van der Waals surface area contributed by atoms with Gasteiger partial charge in [0.2, 0.25) is 0 Å². The van der Waals surface area contributed by atoms with Crippen LogP contribution in [0.15, 0.2) is 16.6 Å². The predicted molar refractivity (Wildman–Crippen MR) is 69.8 cm³/mol. The first-order valence-electron chi connectivity index (χ1n) is 5.27. The van der Waals surface area contributed by atoms with Crippen molar-refractivity contribution in [3.63, 3.8) is 0 Å². The molecule has 0 radical (unpaired) electrons. The summed E-state index contributed by atoms with van der Waals surface area (Å²) in [5.41, 5.74) is 5.82. The van der Waals surface area contributed by atoms with Crippen molar-refractivity contribution >= 4 is 21.7 Å². The van der Waals surface area contributed by atoms with E-state index in [4.69, 9.17) is 15.2 Å². The largest absolute Gasteiger partial charge is 0.493 e. The Bertz CT molecular complexity index is 418. The normalized spacial score (nSPS) is 10.5. The Morgan fingerprint density at radius 3 is 2.59 bits per heavy atom. The summed E-state index contributed by atoms with van der Waals surface area (Å²) < 4.78 is 11.6. The monoisotopic (exact) mass is 301 g/mol. The second-order valence-electron chi connectivity index (χ2n) is 3.78. The number of methoxy groups -OCH3 is 1. The molecule has 0 bridgehead atoms. The number of Topliss-reactive ketones (excluding diaryl/α,β-unsaturated/α-hetero) is 1. The number of halogens is 1. The van der Waals surface area contributed by atoms with Crippen molar-refractivity contribution in [3.8, 4) is 11.5 Å². The van der Waals surface area contributed by atoms with Crippen molar-refractivity contribution in [1.29, 1.82) is 0 Å². The van der Waals surface area contributed by atoms with Gasteiger partial charge in [0.15, 0.2) is 17.3 Å². The number of hydrogen-bond donors (Lipinski definition) is 1. The zero-order valence-corrected chi connectivity index (χ0v) is 11.7. The van der Waals surface area contributed by atoms with Crippen LogP contribution in [0.25, 0.3) is 0 Å². The Morgan fingerprint density at radius 2 is 2.12 bits per heavy atom. The Morgan fingerprint density at radius 1 is 1.47 bits per heavy atom. The second-order valence-corrected chi connectivity index (χ2v) is 4.69. The van der Waals surface area contributed by atoms with Crippen molar-refractivity contribution in [1.82, 2.24) is 0 Å². The molecule has 1 aromatic carbocycles. The third-order valence-electron chi connectivity index (χ3n) is 2.08. The summed E-state index contributed by atoms with van der Waals surface area (Å²) in [7, 11) is 1.53. The van der Waals surface area contributed by atoms with Crippen molar-refractivity contribution in [3.05, 3.63) is 22.2 Å². The van der Waals surface area contributed by atoms with Crippen molar-refractivity contribution in [2.24, 2.45) is 5.73 Å². The molecule has 0 saturated heterocycles. The Labute approximate surface area is 109 Å². The van der Waals surface area contributed by atoms with E-state index in [1.807, 2.05) is 13.8 Å². The lowest BCUT2D eigenvalue weighted by Crippen LogP contribution is -2.17. The van der Waals surface area contributed by atoms with E-state index in [1.165, 1.54) is 7.11 Å². The number of rotatable bonds is 5. The van der Waals surface area contributed by atoms with Crippen molar-refractivity contribution < 1.29 is 14.3 Å². The van der Waals surface area contributed by atoms with Crippen LogP contribution in [0, 0.1) is 0 Å². The molecular formula is C12H16BrNO3. The first kappa shape index (κ1) is 14.0. The van der Waals surface area contributed by atoms with Gasteiger partial charge >= 0.3 is 0 Å². The topological polar surface area (TPSA) is 61.5 Å². The first-order valence-corrected chi connectivity index (χ1v) is 6.06. The van der Waals surface area contributed by atoms with E-state index in [1.54, 1.807) is 12.1 Å². The summed E-state index contributed by atoms with van der Waals surface area (Å²) in [4.78, 5) is 11.8. The van der Waals surface area contributed by atoms with Crippen LogP contribution in [-0.2, 0) is 0 Å². The van der Waals surface area contributed by atoms with Gasteiger partial charge in [-0.2, -0.15) is 0 Å². The Balaban J connectivity index is 3.33. The Hall–Kier alpha value is -1.07. The molecule has 0 unspecified atom stereocenters. The summed E-state index contributed by atoms with van der Waals surface area (Å²) in [5.74, 6) is 0.784. The van der Waals surface area contributed by atoms with Gasteiger partial charge in [-0.1, -0.05) is 15.9 Å². The number of nitrogens with two attached hydrogens (primary N) is 1. The molecule has 5 heteroatoms. The van der Waals surface area contributed by atoms with Crippen LogP contribution in [-0.4, -0.2) is 25.5 Å². The van der Waals surface area contributed by atoms with Gasteiger partial charge in [-0.3, -0.25) is 4.79 Å². The summed E-state index contributed by atoms with van der Waals surface area (Å²) in [6, 6.07) is 3.44. The summed E-state index contributed by atoms with van der Waals surface area (Å²) in [6.45, 7) is 3.71. The molecule has 0 aliphatic heterocycles. The first-order chi connectivity index (χ1) is 7.99. The average molecular weight is 302 g/mol. The van der Waals surface area contributed by atoms with E-state index >= 15 is 0 Å². The van der Waals surface area contributed by atoms with Gasteiger partial charge in [0.1, 0.15) is 0 Å². The van der Waals surface area contributed by atoms with Gasteiger partial charge in [0.05, 0.1) is 25.3 Å². The highest BCUT2D eigenvalue weighted by Gasteiger charge is 2.18. The molecule has 0 spiro atoms. The predicted octanol–water partition coefficient (Wildman–Crippen LogP) is 2.39. The molecular weight excluding hydrogens is 286 g/mol. The minimum atomic E-state index is -0.180. The molecule has 0 aliphatic rings. The molecule has 4 nitrogen and oxygen atoms in total. The summed E-state index contributed by atoms with van der Waals surface area (Å²) in [6.07, 6.45) is -0.0469. The molecule has 2 N–H and O–H groups in total. The standard InChI is InChI=1S/C12H16BrNO3/c1-7(2)17-12-9(10(15)6-14)4-8(13)5-11(12)16-3/h4-5,7H,6,14H2,1-3H3. The zero-order chi connectivity index (χ0) is 13.0. The van der Waals surface area contributed by atoms with Gasteiger partial charge in [-0.25, -0.2) is 0 Å². The molecule has 0 heterocycles. The van der Waals surface area contributed by atoms with Crippen LogP contribution in [0.5, 0.6) is 11.5 Å². The quantitative estimate of drug-likeness (QED) is 0.848. The lowest BCUT2D eigenvalue weighted by Gasteiger charge is -2.17. The third-order valence-corrected chi connectivity index (χ3v) is 2.54. The number of carbonyl (C=O) groups is 1. The smallest absolute Gasteiger partial charge is 0.180 e. The number of carbonyl (C=O) groups excluding carboxylic acids is 1. The van der Waals surface area contributed by atoms with Crippen molar-refractivity contribution in [2.45, 2.75) is 20.0 Å². The van der Waals surface area contributed by atoms with Gasteiger partial charge < -0.3 is 15.2 Å². The minimum absolute atomic E-state index is 0.0469. The highest BCUT2D eigenvalue weighted by molar-refractivity contribution is 9.10. The summed E-state index contributed by atoms with van der Waals surface area (Å²) in [5, 5.41) is 0. The molecule has 1 rings (SSSR count). The van der Waals surface area contributed by atoms with Crippen molar-refractivity contribution in [2.75, 3.05) is 13.7 Å². The van der Waals surface area contributed by atoms with Gasteiger partial charge in [0, 0.05) is 4.47 Å². The van der Waals surface area contributed by atoms with Crippen LogP contribution in [0.2, 0.25) is 0 Å². The minimum Gasteiger partial charge on any atom is -0.493 e. The lowest BCUT2D eigenvalue weighted by atomic mass is 10.1. The molecule has 0 atom stereocenters. The molecule has 0 amide bonds. The van der Waals surface area contributed by atoms with E-state index in [9.17, 15) is 4.79 Å². The van der Waals surface area contributed by atoms with Gasteiger partial charge in [-0.15, -0.1) is 0 Å². The summed E-state index contributed by atoms with van der Waals surface area (Å²) >= 11 is 3.32. The van der Waals surface area contributed by atoms with E-state index in [2.05, 4.69) is 15.9 Å². The molecule has 0 saturated carbocycles. The average Bonchev–Trinajstić information content (AvgIpc) is 2.29. The number of ether oxygens (including phenoxy) is 2. The van der Waals surface area contributed by atoms with E-state index in [0.29, 0.717) is 17.1 Å². The van der Waals surface area contributed by atoms with Crippen LogP contribution in [0.3, 0.4) is 0 Å². The maximum Gasteiger partial charge on any atom is 0.180 e. The molecule has 1 aromatic rings. The van der Waals surface area contributed by atoms with Crippen LogP contribution in [0.4, 0.5) is 0 Å². The molecule has 94 valence electrons. The fraction of sp³-hybridized carbons (Fsp3) is 0.417. The highest BCUT2D eigenvalue weighted by atomic mass is 79.9. The number of benzene rings is 1. The van der Waals surface area contributed by atoms with E-state index in [-0.39, 0.29) is 18.4 Å². The fourth-order valence-electron chi connectivity index (χ4n) is 1.39. The third kappa shape index (κ3) is 3.44. The zero-order valence-electron chi connectivity index (χ0n) is 10.1. The number of hydrogen-bond acceptors (Lipinski definition) is 4. The maximum absolute atomic E-state index is 11.8. The molecule has 17 heavy (non-hydrogen) atoms. The fourth-order valence-corrected chi connectivity index (χ4v) is 1.83. The Kier molecular flexibility index (Phi) is 4.96. The molecule has 0 aliphatic carbocycles. The maximum atomic E-state index is 11.8. The van der Waals surface area contributed by atoms with Crippen LogP contribution >= 0.6 is 15.9 Å². The lowest BCUT2D eigenvalue weighted by molar-refractivity contribution is 0.0994. The molecule has 0 aromatic heterocycles. The molecule has 0 fully saturated rings. The number of ketones is 1. The van der Waals surface area contributed by atoms with Crippen LogP contribution in [0.1, 0.15) is 24.2 Å². The van der Waals surface area contributed by atoms with E-state index < -0.39 is 0 Å². The van der Waals surface area contributed by atoms with Gasteiger partial charge in [-0.05, 0) is 26.0 Å².